The summed E-state index contributed by atoms with van der Waals surface area (Å²) in [5.74, 6) is -0.671. The smallest absolute Gasteiger partial charge is 0.264 e. The van der Waals surface area contributed by atoms with Gasteiger partial charge in [0, 0.05) is 19.0 Å². The fourth-order valence-electron chi connectivity index (χ4n) is 6.30. The first-order chi connectivity index (χ1) is 22.6. The highest BCUT2D eigenvalue weighted by molar-refractivity contribution is 7.92. The van der Waals surface area contributed by atoms with Gasteiger partial charge in [-0.2, -0.15) is 0 Å². The molecule has 47 heavy (non-hydrogen) atoms. The van der Waals surface area contributed by atoms with E-state index in [1.165, 1.54) is 4.31 Å². The maximum absolute atomic E-state index is 14.7. The summed E-state index contributed by atoms with van der Waals surface area (Å²) < 4.78 is 29.8. The summed E-state index contributed by atoms with van der Waals surface area (Å²) >= 11 is 0. The molecule has 1 atom stereocenters. The third-order valence-electron chi connectivity index (χ3n) is 8.93. The minimum absolute atomic E-state index is 0.0517. The molecule has 246 valence electrons. The summed E-state index contributed by atoms with van der Waals surface area (Å²) in [5, 5.41) is 3.26. The van der Waals surface area contributed by atoms with Crippen LogP contribution in [0.2, 0.25) is 0 Å². The van der Waals surface area contributed by atoms with Gasteiger partial charge in [0.2, 0.25) is 11.8 Å². The summed E-state index contributed by atoms with van der Waals surface area (Å²) in [7, 11) is -4.14. The Morgan fingerprint density at radius 2 is 1.43 bits per heavy atom. The van der Waals surface area contributed by atoms with Gasteiger partial charge in [-0.1, -0.05) is 115 Å². The van der Waals surface area contributed by atoms with Gasteiger partial charge >= 0.3 is 0 Å². The summed E-state index contributed by atoms with van der Waals surface area (Å²) in [6.45, 7) is 5.41. The van der Waals surface area contributed by atoms with Crippen molar-refractivity contribution in [1.29, 1.82) is 0 Å². The van der Waals surface area contributed by atoms with Crippen molar-refractivity contribution < 1.29 is 18.0 Å². The number of anilines is 1. The van der Waals surface area contributed by atoms with Gasteiger partial charge < -0.3 is 10.2 Å². The Balaban J connectivity index is 1.57. The van der Waals surface area contributed by atoms with Gasteiger partial charge in [-0.15, -0.1) is 0 Å². The lowest BCUT2D eigenvalue weighted by atomic mass is 9.94. The van der Waals surface area contributed by atoms with E-state index in [0.29, 0.717) is 12.1 Å². The fraction of sp³-hybridized carbons (Fsp3) is 0.333. The van der Waals surface area contributed by atoms with Crippen LogP contribution in [0, 0.1) is 20.8 Å². The first kappa shape index (κ1) is 33.9. The molecule has 0 spiro atoms. The summed E-state index contributed by atoms with van der Waals surface area (Å²) in [5.41, 5.74) is 4.89. The molecule has 1 N–H and O–H groups in total. The Hall–Kier alpha value is -4.43. The van der Waals surface area contributed by atoms with E-state index in [-0.39, 0.29) is 23.4 Å². The van der Waals surface area contributed by atoms with Crippen molar-refractivity contribution in [3.63, 3.8) is 0 Å². The Labute approximate surface area is 279 Å². The van der Waals surface area contributed by atoms with Gasteiger partial charge in [0.15, 0.2) is 0 Å². The van der Waals surface area contributed by atoms with Crippen LogP contribution in [0.1, 0.15) is 59.9 Å². The van der Waals surface area contributed by atoms with Crippen molar-refractivity contribution in [3.8, 4) is 0 Å². The Bertz CT molecular complexity index is 1770. The third kappa shape index (κ3) is 8.69. The van der Waals surface area contributed by atoms with Crippen molar-refractivity contribution in [3.05, 3.63) is 131 Å². The second-order valence-corrected chi connectivity index (χ2v) is 14.5. The van der Waals surface area contributed by atoms with Crippen LogP contribution >= 0.6 is 0 Å². The van der Waals surface area contributed by atoms with E-state index in [2.05, 4.69) is 5.32 Å². The summed E-state index contributed by atoms with van der Waals surface area (Å²) in [4.78, 5) is 30.6. The Morgan fingerprint density at radius 3 is 2.11 bits per heavy atom. The Kier molecular flexibility index (Phi) is 11.1. The number of carbonyl (C=O) groups excluding carboxylic acids is 2. The van der Waals surface area contributed by atoms with E-state index in [1.54, 1.807) is 41.3 Å². The number of nitrogens with one attached hydrogen (secondary N) is 1. The zero-order valence-electron chi connectivity index (χ0n) is 27.6. The second-order valence-electron chi connectivity index (χ2n) is 12.7. The van der Waals surface area contributed by atoms with Crippen LogP contribution in [-0.2, 0) is 32.6 Å². The van der Waals surface area contributed by atoms with Gasteiger partial charge in [0.1, 0.15) is 12.6 Å². The number of benzene rings is 4. The van der Waals surface area contributed by atoms with Crippen molar-refractivity contribution in [2.24, 2.45) is 0 Å². The monoisotopic (exact) mass is 651 g/mol. The van der Waals surface area contributed by atoms with Gasteiger partial charge in [-0.3, -0.25) is 13.9 Å². The number of rotatable bonds is 12. The predicted molar refractivity (Wildman–Crippen MR) is 188 cm³/mol. The SMILES string of the molecule is Cc1ccc(S(=O)(=O)N(CC(=O)N(Cc2cccc(C)c2)C(Cc2ccccc2)C(=O)NC2CCCCC2)c2ccccc2C)cc1. The molecule has 0 bridgehead atoms. The molecule has 5 rings (SSSR count). The molecule has 1 saturated carbocycles. The lowest BCUT2D eigenvalue weighted by Gasteiger charge is -2.35. The predicted octanol–water partition coefficient (Wildman–Crippen LogP) is 6.90. The van der Waals surface area contributed by atoms with Crippen LogP contribution in [-0.4, -0.2) is 43.8 Å². The standard InChI is InChI=1S/C39H45N3O4S/c1-29-21-23-35(24-22-29)47(45,46)42(36-20-11-10-14-31(36)3)28-38(43)41(27-33-17-12-13-30(2)25-33)37(26-32-15-6-4-7-16-32)39(44)40-34-18-8-5-9-19-34/h4,6-7,10-17,20-25,34,37H,5,8-9,18-19,26-28H2,1-3H3,(H,40,44). The van der Waals surface area contributed by atoms with Gasteiger partial charge in [0.25, 0.3) is 10.0 Å². The molecule has 8 heteroatoms. The largest absolute Gasteiger partial charge is 0.352 e. The van der Waals surface area contributed by atoms with Gasteiger partial charge in [-0.25, -0.2) is 8.42 Å². The quantitative estimate of drug-likeness (QED) is 0.181. The highest BCUT2D eigenvalue weighted by Crippen LogP contribution is 2.28. The van der Waals surface area contributed by atoms with Crippen LogP contribution in [0.15, 0.2) is 108 Å². The lowest BCUT2D eigenvalue weighted by molar-refractivity contribution is -0.140. The maximum Gasteiger partial charge on any atom is 0.264 e. The molecular weight excluding hydrogens is 607 g/mol. The first-order valence-corrected chi connectivity index (χ1v) is 17.9. The van der Waals surface area contributed by atoms with E-state index in [0.717, 1.165) is 59.9 Å². The van der Waals surface area contributed by atoms with Crippen molar-refractivity contribution in [2.75, 3.05) is 10.8 Å². The highest BCUT2D eigenvalue weighted by atomic mass is 32.2. The summed E-state index contributed by atoms with van der Waals surface area (Å²) in [6.07, 6.45) is 5.38. The topological polar surface area (TPSA) is 86.8 Å². The molecule has 0 saturated heterocycles. The first-order valence-electron chi connectivity index (χ1n) is 16.5. The molecule has 1 aliphatic carbocycles. The second kappa shape index (κ2) is 15.4. The van der Waals surface area contributed by atoms with Gasteiger partial charge in [-0.05, 0) is 68.5 Å². The fourth-order valence-corrected chi connectivity index (χ4v) is 7.78. The van der Waals surface area contributed by atoms with Crippen molar-refractivity contribution in [1.82, 2.24) is 10.2 Å². The summed E-state index contributed by atoms with van der Waals surface area (Å²) in [6, 6.07) is 30.5. The van der Waals surface area contributed by atoms with E-state index in [1.807, 2.05) is 87.5 Å². The highest BCUT2D eigenvalue weighted by Gasteiger charge is 2.35. The van der Waals surface area contributed by atoms with Crippen LogP contribution in [0.3, 0.4) is 0 Å². The molecule has 4 aromatic carbocycles. The molecule has 2 amide bonds. The number of sulfonamides is 1. The number of carbonyl (C=O) groups is 2. The van der Waals surface area contributed by atoms with Crippen molar-refractivity contribution in [2.45, 2.75) is 82.8 Å². The average molecular weight is 652 g/mol. The number of nitrogens with zero attached hydrogens (tertiary/aromatic N) is 2. The molecule has 1 aliphatic rings. The number of hydrogen-bond acceptors (Lipinski definition) is 4. The Morgan fingerprint density at radius 1 is 0.766 bits per heavy atom. The minimum Gasteiger partial charge on any atom is -0.352 e. The molecule has 0 aliphatic heterocycles. The molecule has 0 heterocycles. The van der Waals surface area contributed by atoms with Crippen LogP contribution in [0.25, 0.3) is 0 Å². The van der Waals surface area contributed by atoms with E-state index < -0.39 is 28.5 Å². The molecule has 7 nitrogen and oxygen atoms in total. The third-order valence-corrected chi connectivity index (χ3v) is 10.7. The maximum atomic E-state index is 14.7. The number of hydrogen-bond donors (Lipinski definition) is 1. The van der Waals surface area contributed by atoms with E-state index in [9.17, 15) is 18.0 Å². The molecular formula is C39H45N3O4S. The van der Waals surface area contributed by atoms with Crippen LogP contribution in [0.5, 0.6) is 0 Å². The van der Waals surface area contributed by atoms with E-state index >= 15 is 0 Å². The van der Waals surface area contributed by atoms with Crippen molar-refractivity contribution >= 4 is 27.5 Å². The number of amides is 2. The average Bonchev–Trinajstić information content (AvgIpc) is 3.06. The minimum atomic E-state index is -4.14. The van der Waals surface area contributed by atoms with Crippen LogP contribution < -0.4 is 9.62 Å². The zero-order valence-corrected chi connectivity index (χ0v) is 28.4. The van der Waals surface area contributed by atoms with Gasteiger partial charge in [0.05, 0.1) is 10.6 Å². The lowest BCUT2D eigenvalue weighted by Crippen LogP contribution is -2.55. The normalized spacial score (nSPS) is 14.3. The molecule has 0 aromatic heterocycles. The van der Waals surface area contributed by atoms with E-state index in [4.69, 9.17) is 0 Å². The zero-order chi connectivity index (χ0) is 33.4. The van der Waals surface area contributed by atoms with Crippen LogP contribution in [0.4, 0.5) is 5.69 Å². The molecule has 1 unspecified atom stereocenters. The number of aryl methyl sites for hydroxylation is 3. The molecule has 1 fully saturated rings. The molecule has 4 aromatic rings. The number of para-hydroxylation sites is 1. The molecule has 0 radical (unpaired) electrons.